The molecule has 0 saturated heterocycles. The van der Waals surface area contributed by atoms with Crippen LogP contribution in [0.1, 0.15) is 32.6 Å². The molecule has 0 aromatic heterocycles. The monoisotopic (exact) mass is 224 g/mol. The minimum Gasteiger partial charge on any atom is -0.0826 e. The fraction of sp³-hybridized carbons (Fsp3) is 1.00. The van der Waals surface area contributed by atoms with E-state index in [1.165, 1.54) is 25.7 Å². The largest absolute Gasteiger partial charge is 0.0826 e. The van der Waals surface area contributed by atoms with Gasteiger partial charge in [-0.05, 0) is 18.8 Å². The first kappa shape index (κ1) is 6.84. The minimum absolute atomic E-state index is 0.983. The molecule has 48 valence electrons. The van der Waals surface area contributed by atoms with Crippen LogP contribution < -0.4 is 0 Å². The zero-order valence-corrected chi connectivity index (χ0v) is 7.52. The lowest BCUT2D eigenvalue weighted by Gasteiger charge is -2.21. The maximum Gasteiger partial charge on any atom is 0.0112 e. The molecular weight excluding hydrogens is 211 g/mol. The second-order valence-electron chi connectivity index (χ2n) is 2.87. The molecule has 0 aliphatic heterocycles. The molecule has 0 amide bonds. The number of hydrogen-bond donors (Lipinski definition) is 0. The van der Waals surface area contributed by atoms with E-state index in [1.54, 1.807) is 0 Å². The van der Waals surface area contributed by atoms with E-state index in [0.29, 0.717) is 0 Å². The molecule has 0 unspecified atom stereocenters. The number of halogens is 1. The van der Waals surface area contributed by atoms with Gasteiger partial charge in [-0.15, -0.1) is 0 Å². The van der Waals surface area contributed by atoms with E-state index in [-0.39, 0.29) is 0 Å². The van der Waals surface area contributed by atoms with Crippen LogP contribution in [0.3, 0.4) is 0 Å². The van der Waals surface area contributed by atoms with Crippen LogP contribution in [0.25, 0.3) is 0 Å². The Labute approximate surface area is 65.2 Å². The summed E-state index contributed by atoms with van der Waals surface area (Å²) in [7, 11) is 0. The van der Waals surface area contributed by atoms with E-state index in [0.717, 1.165) is 9.84 Å². The van der Waals surface area contributed by atoms with Gasteiger partial charge in [-0.1, -0.05) is 42.4 Å². The van der Waals surface area contributed by atoms with Crippen molar-refractivity contribution in [3.8, 4) is 0 Å². The smallest absolute Gasteiger partial charge is 0.0112 e. The number of rotatable bonds is 0. The van der Waals surface area contributed by atoms with E-state index >= 15 is 0 Å². The Morgan fingerprint density at radius 1 is 1.38 bits per heavy atom. The fourth-order valence-corrected chi connectivity index (χ4v) is 2.67. The van der Waals surface area contributed by atoms with Gasteiger partial charge in [0.05, 0.1) is 0 Å². The Kier molecular flexibility index (Phi) is 2.60. The fourth-order valence-electron chi connectivity index (χ4n) is 1.36. The van der Waals surface area contributed by atoms with Crippen LogP contribution in [0.15, 0.2) is 0 Å². The zero-order chi connectivity index (χ0) is 5.98. The molecule has 1 heteroatoms. The van der Waals surface area contributed by atoms with E-state index in [4.69, 9.17) is 0 Å². The summed E-state index contributed by atoms with van der Waals surface area (Å²) >= 11 is 2.57. The minimum atomic E-state index is 0.983. The lowest BCUT2D eigenvalue weighted by molar-refractivity contribution is 0.402. The van der Waals surface area contributed by atoms with Gasteiger partial charge < -0.3 is 0 Å². The third-order valence-electron chi connectivity index (χ3n) is 1.87. The lowest BCUT2D eigenvalue weighted by Crippen LogP contribution is -2.11. The van der Waals surface area contributed by atoms with E-state index < -0.39 is 0 Å². The first-order valence-electron chi connectivity index (χ1n) is 3.43. The van der Waals surface area contributed by atoms with Gasteiger partial charge in [0.25, 0.3) is 0 Å². The SMILES string of the molecule is C[C@@H]1CCC[C@H](I)C1. The van der Waals surface area contributed by atoms with Gasteiger partial charge in [-0.3, -0.25) is 0 Å². The summed E-state index contributed by atoms with van der Waals surface area (Å²) in [5, 5.41) is 0. The van der Waals surface area contributed by atoms with Crippen molar-refractivity contribution in [2.45, 2.75) is 36.5 Å². The topological polar surface area (TPSA) is 0 Å². The number of hydrogen-bond acceptors (Lipinski definition) is 0. The van der Waals surface area contributed by atoms with Crippen molar-refractivity contribution in [1.29, 1.82) is 0 Å². The van der Waals surface area contributed by atoms with Crippen molar-refractivity contribution in [2.75, 3.05) is 0 Å². The highest BCUT2D eigenvalue weighted by molar-refractivity contribution is 14.1. The van der Waals surface area contributed by atoms with Crippen LogP contribution in [-0.2, 0) is 0 Å². The summed E-state index contributed by atoms with van der Waals surface area (Å²) in [5.74, 6) is 1.01. The summed E-state index contributed by atoms with van der Waals surface area (Å²) in [6.45, 7) is 2.37. The quantitative estimate of drug-likeness (QED) is 0.438. The average Bonchev–Trinajstić information content (AvgIpc) is 1.64. The summed E-state index contributed by atoms with van der Waals surface area (Å²) in [5.41, 5.74) is 0. The molecule has 0 heterocycles. The average molecular weight is 224 g/mol. The van der Waals surface area contributed by atoms with E-state index in [1.807, 2.05) is 0 Å². The molecule has 0 bridgehead atoms. The second kappa shape index (κ2) is 3.04. The molecule has 0 spiro atoms. The molecule has 1 aliphatic rings. The first-order chi connectivity index (χ1) is 3.79. The van der Waals surface area contributed by atoms with Crippen molar-refractivity contribution in [1.82, 2.24) is 0 Å². The summed E-state index contributed by atoms with van der Waals surface area (Å²) in [6, 6.07) is 0. The van der Waals surface area contributed by atoms with Crippen molar-refractivity contribution in [2.24, 2.45) is 5.92 Å². The maximum absolute atomic E-state index is 2.57. The Morgan fingerprint density at radius 2 is 2.12 bits per heavy atom. The molecule has 8 heavy (non-hydrogen) atoms. The molecule has 0 aromatic rings. The summed E-state index contributed by atoms with van der Waals surface area (Å²) in [6.07, 6.45) is 5.86. The van der Waals surface area contributed by atoms with Gasteiger partial charge in [0.2, 0.25) is 0 Å². The van der Waals surface area contributed by atoms with Gasteiger partial charge >= 0.3 is 0 Å². The normalized spacial score (nSPS) is 39.8. The van der Waals surface area contributed by atoms with E-state index in [2.05, 4.69) is 29.5 Å². The first-order valence-corrected chi connectivity index (χ1v) is 4.67. The van der Waals surface area contributed by atoms with Gasteiger partial charge in [0.15, 0.2) is 0 Å². The molecule has 0 N–H and O–H groups in total. The molecule has 1 saturated carbocycles. The Bertz CT molecular complexity index is 62.8. The number of alkyl halides is 1. The molecule has 1 aliphatic carbocycles. The molecule has 2 atom stereocenters. The Hall–Kier alpha value is 0.730. The predicted molar refractivity (Wildman–Crippen MR) is 45.4 cm³/mol. The maximum atomic E-state index is 2.57. The second-order valence-corrected chi connectivity index (χ2v) is 4.63. The highest BCUT2D eigenvalue weighted by Gasteiger charge is 2.14. The lowest BCUT2D eigenvalue weighted by atomic mass is 9.91. The van der Waals surface area contributed by atoms with Crippen molar-refractivity contribution >= 4 is 22.6 Å². The van der Waals surface area contributed by atoms with Crippen LogP contribution in [0.4, 0.5) is 0 Å². The van der Waals surface area contributed by atoms with Gasteiger partial charge in [0.1, 0.15) is 0 Å². The Balaban J connectivity index is 2.23. The van der Waals surface area contributed by atoms with Crippen LogP contribution >= 0.6 is 22.6 Å². The molecule has 1 fully saturated rings. The molecule has 0 aromatic carbocycles. The van der Waals surface area contributed by atoms with Crippen LogP contribution in [0, 0.1) is 5.92 Å². The highest BCUT2D eigenvalue weighted by atomic mass is 127. The standard InChI is InChI=1S/C7H13I/c1-6-3-2-4-7(8)5-6/h6-7H,2-5H2,1H3/t6-,7+/m1/s1. The third kappa shape index (κ3) is 1.92. The molecule has 0 nitrogen and oxygen atoms in total. The zero-order valence-electron chi connectivity index (χ0n) is 5.36. The van der Waals surface area contributed by atoms with Gasteiger partial charge in [-0.2, -0.15) is 0 Å². The van der Waals surface area contributed by atoms with Crippen molar-refractivity contribution in [3.63, 3.8) is 0 Å². The predicted octanol–water partition coefficient (Wildman–Crippen LogP) is 3.00. The molecule has 1 rings (SSSR count). The van der Waals surface area contributed by atoms with Crippen LogP contribution in [-0.4, -0.2) is 3.92 Å². The van der Waals surface area contributed by atoms with Crippen molar-refractivity contribution < 1.29 is 0 Å². The van der Waals surface area contributed by atoms with Gasteiger partial charge in [-0.25, -0.2) is 0 Å². The summed E-state index contributed by atoms with van der Waals surface area (Å²) < 4.78 is 0.983. The van der Waals surface area contributed by atoms with Gasteiger partial charge in [0, 0.05) is 3.92 Å². The van der Waals surface area contributed by atoms with E-state index in [9.17, 15) is 0 Å². The Morgan fingerprint density at radius 3 is 2.50 bits per heavy atom. The third-order valence-corrected chi connectivity index (χ3v) is 3.00. The highest BCUT2D eigenvalue weighted by Crippen LogP contribution is 2.28. The van der Waals surface area contributed by atoms with Crippen LogP contribution in [0.5, 0.6) is 0 Å². The van der Waals surface area contributed by atoms with Crippen LogP contribution in [0.2, 0.25) is 0 Å². The molecular formula is C7H13I. The molecule has 0 radical (unpaired) electrons. The van der Waals surface area contributed by atoms with Crippen molar-refractivity contribution in [3.05, 3.63) is 0 Å². The summed E-state index contributed by atoms with van der Waals surface area (Å²) in [4.78, 5) is 0.